The van der Waals surface area contributed by atoms with Crippen LogP contribution in [-0.2, 0) is 0 Å². The Morgan fingerprint density at radius 2 is 2.05 bits per heavy atom. The summed E-state index contributed by atoms with van der Waals surface area (Å²) in [6.45, 7) is 5.04. The Labute approximate surface area is 130 Å². The number of hydrogen-bond acceptors (Lipinski definition) is 2. The number of halogens is 2. The Kier molecular flexibility index (Phi) is 5.41. The molecule has 4 heteroatoms. The van der Waals surface area contributed by atoms with Gasteiger partial charge in [-0.05, 0) is 49.2 Å². The number of aryl methyl sites for hydroxylation is 1. The predicted octanol–water partition coefficient (Wildman–Crippen LogP) is 4.79. The minimum absolute atomic E-state index is 0.0304. The molecule has 0 aliphatic carbocycles. The van der Waals surface area contributed by atoms with Crippen molar-refractivity contribution in [2.75, 3.05) is 6.54 Å². The van der Waals surface area contributed by atoms with Crippen LogP contribution in [0.25, 0.3) is 0 Å². The van der Waals surface area contributed by atoms with Gasteiger partial charge in [-0.3, -0.25) is 4.98 Å². The summed E-state index contributed by atoms with van der Waals surface area (Å²) in [5, 5.41) is 4.72. The molecule has 1 unspecified atom stereocenters. The van der Waals surface area contributed by atoms with Crippen LogP contribution < -0.4 is 5.32 Å². The molecule has 0 spiro atoms. The number of nitrogens with one attached hydrogen (secondary N) is 1. The van der Waals surface area contributed by atoms with Crippen molar-refractivity contribution in [3.05, 3.63) is 63.4 Å². The molecule has 0 radical (unpaired) electrons. The third kappa shape index (κ3) is 3.51. The van der Waals surface area contributed by atoms with Crippen LogP contribution in [0.4, 0.5) is 0 Å². The minimum atomic E-state index is 0.0304. The summed E-state index contributed by atoms with van der Waals surface area (Å²) in [6.07, 6.45) is 2.88. The fourth-order valence-electron chi connectivity index (χ4n) is 2.19. The Hall–Kier alpha value is -1.09. The van der Waals surface area contributed by atoms with Crippen molar-refractivity contribution >= 4 is 23.2 Å². The first-order valence-corrected chi connectivity index (χ1v) is 7.49. The second-order valence-electron chi connectivity index (χ2n) is 4.76. The number of hydrogen-bond donors (Lipinski definition) is 1. The lowest BCUT2D eigenvalue weighted by Gasteiger charge is -2.21. The highest BCUT2D eigenvalue weighted by Gasteiger charge is 2.17. The summed E-state index contributed by atoms with van der Waals surface area (Å²) in [7, 11) is 0. The van der Waals surface area contributed by atoms with Crippen molar-refractivity contribution in [3.8, 4) is 0 Å². The van der Waals surface area contributed by atoms with E-state index in [0.29, 0.717) is 10.0 Å². The van der Waals surface area contributed by atoms with Crippen molar-refractivity contribution in [3.63, 3.8) is 0 Å². The van der Waals surface area contributed by atoms with Crippen LogP contribution in [0.1, 0.15) is 36.2 Å². The zero-order valence-electron chi connectivity index (χ0n) is 11.7. The molecule has 106 valence electrons. The molecule has 2 aromatic rings. The van der Waals surface area contributed by atoms with Crippen LogP contribution in [0.3, 0.4) is 0 Å². The molecule has 0 aliphatic rings. The second kappa shape index (κ2) is 7.07. The van der Waals surface area contributed by atoms with Gasteiger partial charge in [0.05, 0.1) is 16.1 Å². The maximum Gasteiger partial charge on any atom is 0.0643 e. The van der Waals surface area contributed by atoms with E-state index in [9.17, 15) is 0 Å². The van der Waals surface area contributed by atoms with E-state index in [1.54, 1.807) is 0 Å². The molecule has 0 saturated carbocycles. The van der Waals surface area contributed by atoms with E-state index in [1.165, 1.54) is 0 Å². The quantitative estimate of drug-likeness (QED) is 0.859. The highest BCUT2D eigenvalue weighted by atomic mass is 35.5. The zero-order chi connectivity index (χ0) is 14.5. The van der Waals surface area contributed by atoms with Gasteiger partial charge >= 0.3 is 0 Å². The van der Waals surface area contributed by atoms with Gasteiger partial charge in [-0.1, -0.05) is 42.3 Å². The number of rotatable bonds is 5. The van der Waals surface area contributed by atoms with Crippen LogP contribution >= 0.6 is 23.2 Å². The predicted molar refractivity (Wildman–Crippen MR) is 85.6 cm³/mol. The highest BCUT2D eigenvalue weighted by molar-refractivity contribution is 6.42. The average molecular weight is 309 g/mol. The summed E-state index contributed by atoms with van der Waals surface area (Å²) >= 11 is 12.5. The molecule has 1 N–H and O–H groups in total. The van der Waals surface area contributed by atoms with Crippen molar-refractivity contribution in [2.45, 2.75) is 26.3 Å². The number of benzene rings is 1. The molecule has 0 bridgehead atoms. The molecule has 1 heterocycles. The first kappa shape index (κ1) is 15.3. The van der Waals surface area contributed by atoms with E-state index in [1.807, 2.05) is 37.4 Å². The van der Waals surface area contributed by atoms with E-state index >= 15 is 0 Å². The smallest absolute Gasteiger partial charge is 0.0643 e. The van der Waals surface area contributed by atoms with Gasteiger partial charge in [0.2, 0.25) is 0 Å². The molecular weight excluding hydrogens is 291 g/mol. The summed E-state index contributed by atoms with van der Waals surface area (Å²) < 4.78 is 0. The third-order valence-corrected chi connectivity index (χ3v) is 3.98. The van der Waals surface area contributed by atoms with Crippen LogP contribution in [0, 0.1) is 6.92 Å². The van der Waals surface area contributed by atoms with Crippen molar-refractivity contribution in [1.82, 2.24) is 10.3 Å². The molecule has 1 atom stereocenters. The Balaban J connectivity index is 2.44. The molecule has 20 heavy (non-hydrogen) atoms. The number of nitrogens with zero attached hydrogens (tertiary/aromatic N) is 1. The van der Waals surface area contributed by atoms with Crippen molar-refractivity contribution in [2.24, 2.45) is 0 Å². The molecule has 0 fully saturated rings. The normalized spacial score (nSPS) is 12.4. The van der Waals surface area contributed by atoms with Crippen molar-refractivity contribution < 1.29 is 0 Å². The van der Waals surface area contributed by atoms with Gasteiger partial charge in [0.1, 0.15) is 0 Å². The first-order valence-electron chi connectivity index (χ1n) is 6.73. The molecule has 2 rings (SSSR count). The molecular formula is C16H18Cl2N2. The molecule has 1 aromatic heterocycles. The Morgan fingerprint density at radius 3 is 2.75 bits per heavy atom. The van der Waals surface area contributed by atoms with Gasteiger partial charge in [0.15, 0.2) is 0 Å². The van der Waals surface area contributed by atoms with Gasteiger partial charge in [-0.15, -0.1) is 0 Å². The van der Waals surface area contributed by atoms with Crippen LogP contribution in [0.5, 0.6) is 0 Å². The number of pyridine rings is 1. The second-order valence-corrected chi connectivity index (χ2v) is 5.55. The summed E-state index contributed by atoms with van der Waals surface area (Å²) in [5.74, 6) is 0. The molecule has 0 amide bonds. The van der Waals surface area contributed by atoms with Gasteiger partial charge in [-0.2, -0.15) is 0 Å². The van der Waals surface area contributed by atoms with E-state index in [0.717, 1.165) is 29.8 Å². The van der Waals surface area contributed by atoms with Crippen molar-refractivity contribution in [1.29, 1.82) is 0 Å². The van der Waals surface area contributed by atoms with Gasteiger partial charge in [0.25, 0.3) is 0 Å². The maximum absolute atomic E-state index is 6.37. The topological polar surface area (TPSA) is 24.9 Å². The fraction of sp³-hybridized carbons (Fsp3) is 0.312. The van der Waals surface area contributed by atoms with E-state index in [-0.39, 0.29) is 6.04 Å². The summed E-state index contributed by atoms with van der Waals surface area (Å²) in [5.41, 5.74) is 3.14. The molecule has 0 aliphatic heterocycles. The number of aromatic nitrogens is 1. The molecule has 1 aromatic carbocycles. The fourth-order valence-corrected chi connectivity index (χ4v) is 2.60. The van der Waals surface area contributed by atoms with E-state index in [2.05, 4.69) is 23.3 Å². The van der Waals surface area contributed by atoms with E-state index in [4.69, 9.17) is 23.2 Å². The largest absolute Gasteiger partial charge is 0.306 e. The lowest BCUT2D eigenvalue weighted by molar-refractivity contribution is 0.598. The van der Waals surface area contributed by atoms with Gasteiger partial charge in [-0.25, -0.2) is 0 Å². The Bertz CT molecular complexity index is 584. The van der Waals surface area contributed by atoms with Gasteiger partial charge in [0, 0.05) is 11.9 Å². The lowest BCUT2D eigenvalue weighted by Crippen LogP contribution is -2.23. The Morgan fingerprint density at radius 1 is 1.25 bits per heavy atom. The highest BCUT2D eigenvalue weighted by Crippen LogP contribution is 2.33. The van der Waals surface area contributed by atoms with Crippen LogP contribution in [0.2, 0.25) is 10.0 Å². The summed E-state index contributed by atoms with van der Waals surface area (Å²) in [6, 6.07) is 9.86. The zero-order valence-corrected chi connectivity index (χ0v) is 13.2. The van der Waals surface area contributed by atoms with E-state index < -0.39 is 0 Å². The lowest BCUT2D eigenvalue weighted by atomic mass is 9.98. The minimum Gasteiger partial charge on any atom is -0.306 e. The maximum atomic E-state index is 6.37. The first-order chi connectivity index (χ1) is 9.63. The van der Waals surface area contributed by atoms with Crippen LogP contribution in [0.15, 0.2) is 36.5 Å². The average Bonchev–Trinajstić information content (AvgIpc) is 2.44. The third-order valence-electron chi connectivity index (χ3n) is 3.14. The summed E-state index contributed by atoms with van der Waals surface area (Å²) in [4.78, 5) is 4.25. The van der Waals surface area contributed by atoms with Crippen LogP contribution in [-0.4, -0.2) is 11.5 Å². The molecule has 0 saturated heterocycles. The molecule has 2 nitrogen and oxygen atoms in total. The SMILES string of the molecule is CCCNC(c1ccnc(C)c1)c1cccc(Cl)c1Cl. The van der Waals surface area contributed by atoms with Gasteiger partial charge < -0.3 is 5.32 Å². The standard InChI is InChI=1S/C16H18Cl2N2/c1-3-8-20-16(12-7-9-19-11(2)10-12)13-5-4-6-14(17)15(13)18/h4-7,9-10,16,20H,3,8H2,1-2H3. The monoisotopic (exact) mass is 308 g/mol.